The number of hydrogen-bond acceptors (Lipinski definition) is 0. The van der Waals surface area contributed by atoms with Crippen LogP contribution in [0.1, 0.15) is 42.5 Å². The number of benzene rings is 1. The standard InChI is InChI=1S/C17H19BrCl2/c18-17(14-2-1-13(19)8-15(14)20)16-11-4-9-3-10(6-11)7-12(16)5-9/h1-2,8-12,16-17H,3-7H2. The number of alkyl halides is 1. The van der Waals surface area contributed by atoms with E-state index in [0.29, 0.717) is 4.83 Å². The van der Waals surface area contributed by atoms with Crippen LogP contribution in [0.4, 0.5) is 0 Å². The molecule has 4 aliphatic carbocycles. The van der Waals surface area contributed by atoms with Crippen LogP contribution in [0.5, 0.6) is 0 Å². The quantitative estimate of drug-likeness (QED) is 0.519. The molecule has 5 rings (SSSR count). The lowest BCUT2D eigenvalue weighted by Crippen LogP contribution is -2.46. The van der Waals surface area contributed by atoms with Crippen molar-refractivity contribution in [2.75, 3.05) is 0 Å². The highest BCUT2D eigenvalue weighted by Crippen LogP contribution is 2.61. The van der Waals surface area contributed by atoms with Gasteiger partial charge in [-0.15, -0.1) is 0 Å². The molecule has 4 aliphatic rings. The minimum Gasteiger partial charge on any atom is -0.0843 e. The van der Waals surface area contributed by atoms with Crippen LogP contribution in [-0.2, 0) is 0 Å². The van der Waals surface area contributed by atoms with Gasteiger partial charge in [0, 0.05) is 14.9 Å². The Morgan fingerprint density at radius 2 is 1.55 bits per heavy atom. The highest BCUT2D eigenvalue weighted by Gasteiger charge is 2.50. The number of hydrogen-bond donors (Lipinski definition) is 0. The van der Waals surface area contributed by atoms with Crippen molar-refractivity contribution < 1.29 is 0 Å². The molecule has 0 nitrogen and oxygen atoms in total. The van der Waals surface area contributed by atoms with Crippen molar-refractivity contribution in [3.05, 3.63) is 33.8 Å². The van der Waals surface area contributed by atoms with Gasteiger partial charge in [-0.3, -0.25) is 0 Å². The van der Waals surface area contributed by atoms with Crippen LogP contribution in [0.15, 0.2) is 18.2 Å². The molecule has 20 heavy (non-hydrogen) atoms. The van der Waals surface area contributed by atoms with Gasteiger partial charge in [0.25, 0.3) is 0 Å². The fourth-order valence-corrected chi connectivity index (χ4v) is 7.30. The molecule has 3 heteroatoms. The lowest BCUT2D eigenvalue weighted by atomic mass is 9.51. The van der Waals surface area contributed by atoms with Crippen LogP contribution < -0.4 is 0 Å². The van der Waals surface area contributed by atoms with Crippen LogP contribution in [-0.4, -0.2) is 0 Å². The van der Waals surface area contributed by atoms with Crippen molar-refractivity contribution in [3.8, 4) is 0 Å². The van der Waals surface area contributed by atoms with Gasteiger partial charge in [-0.25, -0.2) is 0 Å². The van der Waals surface area contributed by atoms with Crippen molar-refractivity contribution in [1.82, 2.24) is 0 Å². The minimum absolute atomic E-state index is 0.391. The summed E-state index contributed by atoms with van der Waals surface area (Å²) < 4.78 is 0. The van der Waals surface area contributed by atoms with Gasteiger partial charge in [0.15, 0.2) is 0 Å². The molecule has 0 aromatic heterocycles. The van der Waals surface area contributed by atoms with Crippen LogP contribution in [0.25, 0.3) is 0 Å². The first-order valence-corrected chi connectivity index (χ1v) is 9.38. The van der Waals surface area contributed by atoms with E-state index in [4.69, 9.17) is 23.2 Å². The molecule has 0 aliphatic heterocycles. The monoisotopic (exact) mass is 372 g/mol. The predicted octanol–water partition coefficient (Wildman–Crippen LogP) is 6.50. The third-order valence-electron chi connectivity index (χ3n) is 5.90. The molecule has 0 heterocycles. The molecule has 1 aromatic carbocycles. The van der Waals surface area contributed by atoms with Gasteiger partial charge in [-0.1, -0.05) is 45.2 Å². The van der Waals surface area contributed by atoms with E-state index in [9.17, 15) is 0 Å². The molecule has 1 atom stereocenters. The van der Waals surface area contributed by atoms with Gasteiger partial charge in [-0.05, 0) is 79.4 Å². The zero-order valence-corrected chi connectivity index (χ0v) is 14.5. The third-order valence-corrected chi connectivity index (χ3v) is 7.56. The zero-order valence-electron chi connectivity index (χ0n) is 11.4. The Morgan fingerprint density at radius 3 is 2.10 bits per heavy atom. The lowest BCUT2D eigenvalue weighted by Gasteiger charge is -2.55. The molecule has 0 spiro atoms. The Balaban J connectivity index is 1.63. The van der Waals surface area contributed by atoms with E-state index in [-0.39, 0.29) is 0 Å². The maximum Gasteiger partial charge on any atom is 0.0464 e. The molecule has 108 valence electrons. The number of halogens is 3. The van der Waals surface area contributed by atoms with Crippen molar-refractivity contribution in [2.24, 2.45) is 29.6 Å². The second kappa shape index (κ2) is 5.18. The van der Waals surface area contributed by atoms with Gasteiger partial charge >= 0.3 is 0 Å². The highest BCUT2D eigenvalue weighted by molar-refractivity contribution is 9.09. The van der Waals surface area contributed by atoms with Crippen LogP contribution in [0.2, 0.25) is 10.0 Å². The summed E-state index contributed by atoms with van der Waals surface area (Å²) >= 11 is 16.4. The summed E-state index contributed by atoms with van der Waals surface area (Å²) in [6.45, 7) is 0. The van der Waals surface area contributed by atoms with Crippen molar-refractivity contribution in [3.63, 3.8) is 0 Å². The summed E-state index contributed by atoms with van der Waals surface area (Å²) in [6, 6.07) is 5.95. The minimum atomic E-state index is 0.391. The van der Waals surface area contributed by atoms with E-state index >= 15 is 0 Å². The third kappa shape index (κ3) is 2.25. The average molecular weight is 374 g/mol. The Hall–Kier alpha value is 0.280. The average Bonchev–Trinajstić information content (AvgIpc) is 2.37. The van der Waals surface area contributed by atoms with Gasteiger partial charge in [-0.2, -0.15) is 0 Å². The summed E-state index contributed by atoms with van der Waals surface area (Å²) in [5.74, 6) is 4.62. The zero-order chi connectivity index (χ0) is 13.9. The van der Waals surface area contributed by atoms with Gasteiger partial charge in [0.1, 0.15) is 0 Å². The Labute approximate surface area is 139 Å². The van der Waals surface area contributed by atoms with Crippen LogP contribution in [0, 0.1) is 29.6 Å². The summed E-state index contributed by atoms with van der Waals surface area (Å²) in [5, 5.41) is 1.54. The molecule has 4 fully saturated rings. The molecule has 4 bridgehead atoms. The van der Waals surface area contributed by atoms with Crippen molar-refractivity contribution >= 4 is 39.1 Å². The summed E-state index contributed by atoms with van der Waals surface area (Å²) in [7, 11) is 0. The molecule has 0 radical (unpaired) electrons. The van der Waals surface area contributed by atoms with E-state index in [1.165, 1.54) is 37.7 Å². The normalized spacial score (nSPS) is 40.0. The molecule has 0 saturated heterocycles. The van der Waals surface area contributed by atoms with E-state index < -0.39 is 0 Å². The van der Waals surface area contributed by atoms with E-state index in [2.05, 4.69) is 22.0 Å². The highest BCUT2D eigenvalue weighted by atomic mass is 79.9. The van der Waals surface area contributed by atoms with E-state index in [1.54, 1.807) is 0 Å². The van der Waals surface area contributed by atoms with Gasteiger partial charge < -0.3 is 0 Å². The Bertz CT molecular complexity index is 500. The molecular weight excluding hydrogens is 355 g/mol. The summed E-state index contributed by atoms with van der Waals surface area (Å²) in [4.78, 5) is 0.391. The summed E-state index contributed by atoms with van der Waals surface area (Å²) in [5.41, 5.74) is 1.23. The van der Waals surface area contributed by atoms with Gasteiger partial charge in [0.2, 0.25) is 0 Å². The van der Waals surface area contributed by atoms with E-state index in [1.807, 2.05) is 12.1 Å². The Kier molecular flexibility index (Phi) is 3.60. The fourth-order valence-electron chi connectivity index (χ4n) is 5.38. The lowest BCUT2D eigenvalue weighted by molar-refractivity contribution is -0.0364. The van der Waals surface area contributed by atoms with E-state index in [0.717, 1.165) is 39.6 Å². The van der Waals surface area contributed by atoms with Crippen LogP contribution >= 0.6 is 39.1 Å². The van der Waals surface area contributed by atoms with Crippen LogP contribution in [0.3, 0.4) is 0 Å². The van der Waals surface area contributed by atoms with Crippen molar-refractivity contribution in [1.29, 1.82) is 0 Å². The largest absolute Gasteiger partial charge is 0.0843 e. The second-order valence-electron chi connectivity index (χ2n) is 7.08. The molecular formula is C17H19BrCl2. The fraction of sp³-hybridized carbons (Fsp3) is 0.647. The molecule has 0 N–H and O–H groups in total. The molecule has 4 saturated carbocycles. The maximum atomic E-state index is 6.42. The first-order chi connectivity index (χ1) is 9.61. The number of rotatable bonds is 2. The molecule has 1 unspecified atom stereocenters. The smallest absolute Gasteiger partial charge is 0.0464 e. The van der Waals surface area contributed by atoms with Crippen molar-refractivity contribution in [2.45, 2.75) is 36.9 Å². The SMILES string of the molecule is Clc1ccc(C(Br)C2C3CC4CC(C3)CC2C4)c(Cl)c1. The first kappa shape index (κ1) is 13.9. The maximum absolute atomic E-state index is 6.42. The molecule has 1 aromatic rings. The second-order valence-corrected chi connectivity index (χ2v) is 8.91. The Morgan fingerprint density at radius 1 is 0.950 bits per heavy atom. The topological polar surface area (TPSA) is 0 Å². The summed E-state index contributed by atoms with van der Waals surface area (Å²) in [6.07, 6.45) is 7.31. The predicted molar refractivity (Wildman–Crippen MR) is 88.7 cm³/mol. The molecule has 0 amide bonds. The first-order valence-electron chi connectivity index (χ1n) is 7.71. The van der Waals surface area contributed by atoms with Gasteiger partial charge in [0.05, 0.1) is 0 Å².